The minimum absolute atomic E-state index is 0.0433. The van der Waals surface area contributed by atoms with E-state index in [0.717, 1.165) is 13.0 Å². The van der Waals surface area contributed by atoms with Gasteiger partial charge in [0.2, 0.25) is 10.0 Å². The lowest BCUT2D eigenvalue weighted by Crippen LogP contribution is -2.28. The van der Waals surface area contributed by atoms with Gasteiger partial charge in [-0.3, -0.25) is 0 Å². The van der Waals surface area contributed by atoms with Crippen molar-refractivity contribution in [1.82, 2.24) is 9.29 Å². The van der Waals surface area contributed by atoms with Gasteiger partial charge in [-0.25, -0.2) is 17.7 Å². The van der Waals surface area contributed by atoms with E-state index in [9.17, 15) is 8.42 Å². The average molecular weight is 355 g/mol. The third-order valence-corrected chi connectivity index (χ3v) is 5.09. The van der Waals surface area contributed by atoms with Gasteiger partial charge >= 0.3 is 0 Å². The van der Waals surface area contributed by atoms with Gasteiger partial charge in [0.05, 0.1) is 15.8 Å². The minimum atomic E-state index is -3.26. The molecule has 1 aromatic rings. The Bertz CT molecular complexity index is 579. The monoisotopic (exact) mass is 354 g/mol. The third kappa shape index (κ3) is 5.50. The second-order valence-electron chi connectivity index (χ2n) is 4.60. The third-order valence-electron chi connectivity index (χ3n) is 2.68. The molecule has 9 heteroatoms. The summed E-state index contributed by atoms with van der Waals surface area (Å²) in [6, 6.07) is 1.58. The normalized spacial score (nSPS) is 11.7. The maximum Gasteiger partial charge on any atom is 0.215 e. The lowest BCUT2D eigenvalue weighted by atomic mass is 10.4. The van der Waals surface area contributed by atoms with Crippen molar-refractivity contribution in [2.75, 3.05) is 43.6 Å². The summed E-state index contributed by atoms with van der Waals surface area (Å²) in [7, 11) is -0.264. The maximum absolute atomic E-state index is 11.7. The van der Waals surface area contributed by atoms with E-state index in [0.29, 0.717) is 21.7 Å². The fourth-order valence-corrected chi connectivity index (χ4v) is 2.66. The first-order valence-electron chi connectivity index (χ1n) is 6.52. The first-order chi connectivity index (χ1) is 9.77. The molecule has 0 unspecified atom stereocenters. The molecule has 0 spiro atoms. The Hall–Kier alpha value is -0.760. The first kappa shape index (κ1) is 18.3. The van der Waals surface area contributed by atoms with Crippen LogP contribution in [0.15, 0.2) is 6.07 Å². The average Bonchev–Trinajstić information content (AvgIpc) is 2.39. The van der Waals surface area contributed by atoms with Crippen molar-refractivity contribution in [2.45, 2.75) is 13.3 Å². The molecule has 1 heterocycles. The molecule has 0 aliphatic heterocycles. The highest BCUT2D eigenvalue weighted by atomic mass is 35.5. The topological polar surface area (TPSA) is 74.3 Å². The molecule has 0 aliphatic carbocycles. The van der Waals surface area contributed by atoms with Gasteiger partial charge in [-0.2, -0.15) is 0 Å². The summed E-state index contributed by atoms with van der Waals surface area (Å²) in [5.41, 5.74) is 0. The van der Waals surface area contributed by atoms with E-state index >= 15 is 0 Å². The largest absolute Gasteiger partial charge is 0.369 e. The van der Waals surface area contributed by atoms with Crippen LogP contribution in [-0.4, -0.2) is 50.6 Å². The zero-order valence-corrected chi connectivity index (χ0v) is 14.6. The molecule has 0 atom stereocenters. The Labute approximate surface area is 135 Å². The number of hydrogen-bond acceptors (Lipinski definition) is 5. The van der Waals surface area contributed by atoms with Crippen LogP contribution in [0.2, 0.25) is 10.0 Å². The highest BCUT2D eigenvalue weighted by molar-refractivity contribution is 7.89. The summed E-state index contributed by atoms with van der Waals surface area (Å²) in [4.78, 5) is 4.28. The number of nitrogens with one attached hydrogen (secondary N) is 2. The second kappa shape index (κ2) is 8.03. The number of aromatic nitrogens is 1. The number of pyridine rings is 1. The molecule has 0 aromatic carbocycles. The van der Waals surface area contributed by atoms with Crippen LogP contribution in [0.5, 0.6) is 0 Å². The van der Waals surface area contributed by atoms with Crippen molar-refractivity contribution >= 4 is 44.9 Å². The summed E-state index contributed by atoms with van der Waals surface area (Å²) in [5, 5.41) is 6.79. The van der Waals surface area contributed by atoms with E-state index < -0.39 is 10.0 Å². The van der Waals surface area contributed by atoms with E-state index in [4.69, 9.17) is 23.2 Å². The summed E-state index contributed by atoms with van der Waals surface area (Å²) in [6.07, 6.45) is 0.935. The molecule has 1 aromatic heterocycles. The van der Waals surface area contributed by atoms with Crippen molar-refractivity contribution in [3.05, 3.63) is 16.1 Å². The van der Waals surface area contributed by atoms with Crippen LogP contribution in [0.25, 0.3) is 0 Å². The van der Waals surface area contributed by atoms with Crippen molar-refractivity contribution in [3.8, 4) is 0 Å². The zero-order valence-electron chi connectivity index (χ0n) is 12.3. The SMILES string of the molecule is CCCNc1nc(NCCS(=O)(=O)N(C)C)c(Cl)cc1Cl. The van der Waals surface area contributed by atoms with Crippen LogP contribution in [0.3, 0.4) is 0 Å². The molecule has 21 heavy (non-hydrogen) atoms. The molecule has 0 saturated carbocycles. The maximum atomic E-state index is 11.7. The molecule has 0 saturated heterocycles. The van der Waals surface area contributed by atoms with Gasteiger partial charge in [-0.15, -0.1) is 0 Å². The van der Waals surface area contributed by atoms with E-state index in [2.05, 4.69) is 15.6 Å². The summed E-state index contributed by atoms with van der Waals surface area (Å²) < 4.78 is 24.5. The van der Waals surface area contributed by atoms with Crippen LogP contribution >= 0.6 is 23.2 Å². The van der Waals surface area contributed by atoms with Gasteiger partial charge in [0.25, 0.3) is 0 Å². The predicted octanol–water partition coefficient (Wildman–Crippen LogP) is 2.51. The summed E-state index contributed by atoms with van der Waals surface area (Å²) >= 11 is 12.1. The number of rotatable bonds is 8. The number of hydrogen-bond donors (Lipinski definition) is 2. The van der Waals surface area contributed by atoms with Crippen LogP contribution in [-0.2, 0) is 10.0 Å². The highest BCUT2D eigenvalue weighted by Gasteiger charge is 2.14. The van der Waals surface area contributed by atoms with Crippen LogP contribution in [0, 0.1) is 0 Å². The Morgan fingerprint density at radius 2 is 1.67 bits per heavy atom. The lowest BCUT2D eigenvalue weighted by Gasteiger charge is -2.14. The minimum Gasteiger partial charge on any atom is -0.369 e. The second-order valence-corrected chi connectivity index (χ2v) is 7.72. The van der Waals surface area contributed by atoms with Crippen molar-refractivity contribution < 1.29 is 8.42 Å². The molecule has 0 aliphatic rings. The smallest absolute Gasteiger partial charge is 0.215 e. The van der Waals surface area contributed by atoms with Gasteiger partial charge in [-0.1, -0.05) is 30.1 Å². The van der Waals surface area contributed by atoms with Gasteiger partial charge in [-0.05, 0) is 12.5 Å². The molecule has 120 valence electrons. The lowest BCUT2D eigenvalue weighted by molar-refractivity contribution is 0.521. The molecule has 0 radical (unpaired) electrons. The quantitative estimate of drug-likeness (QED) is 0.750. The molecule has 2 N–H and O–H groups in total. The predicted molar refractivity (Wildman–Crippen MR) is 89.0 cm³/mol. The summed E-state index contributed by atoms with van der Waals surface area (Å²) in [6.45, 7) is 2.98. The van der Waals surface area contributed by atoms with E-state index in [1.807, 2.05) is 6.92 Å². The zero-order chi connectivity index (χ0) is 16.0. The van der Waals surface area contributed by atoms with Crippen molar-refractivity contribution in [2.24, 2.45) is 0 Å². The first-order valence-corrected chi connectivity index (χ1v) is 8.88. The van der Waals surface area contributed by atoms with E-state index in [1.165, 1.54) is 18.4 Å². The van der Waals surface area contributed by atoms with Gasteiger partial charge in [0.15, 0.2) is 0 Å². The molecule has 1 rings (SSSR count). The summed E-state index contributed by atoms with van der Waals surface area (Å²) in [5.74, 6) is 0.896. The standard InChI is InChI=1S/C12H20Cl2N4O2S/c1-4-5-15-11-9(13)8-10(14)12(17-11)16-6-7-21(19,20)18(2)3/h8H,4-7H2,1-3H3,(H2,15,16,17). The number of nitrogens with zero attached hydrogens (tertiary/aromatic N) is 2. The van der Waals surface area contributed by atoms with Crippen molar-refractivity contribution in [3.63, 3.8) is 0 Å². The number of anilines is 2. The van der Waals surface area contributed by atoms with E-state index in [1.54, 1.807) is 6.07 Å². The van der Waals surface area contributed by atoms with Gasteiger partial charge in [0, 0.05) is 27.2 Å². The Morgan fingerprint density at radius 1 is 1.14 bits per heavy atom. The van der Waals surface area contributed by atoms with Gasteiger partial charge in [0.1, 0.15) is 11.6 Å². The molecular weight excluding hydrogens is 335 g/mol. The Balaban J connectivity index is 2.75. The van der Waals surface area contributed by atoms with Crippen LogP contribution in [0.4, 0.5) is 11.6 Å². The Kier molecular flexibility index (Phi) is 6.99. The highest BCUT2D eigenvalue weighted by Crippen LogP contribution is 2.29. The molecular formula is C12H20Cl2N4O2S. The van der Waals surface area contributed by atoms with E-state index in [-0.39, 0.29) is 12.3 Å². The fraction of sp³-hybridized carbons (Fsp3) is 0.583. The molecule has 0 amide bonds. The van der Waals surface area contributed by atoms with Crippen LogP contribution in [0.1, 0.15) is 13.3 Å². The number of sulfonamides is 1. The van der Waals surface area contributed by atoms with Crippen LogP contribution < -0.4 is 10.6 Å². The fourth-order valence-electron chi connectivity index (χ4n) is 1.44. The van der Waals surface area contributed by atoms with Crippen molar-refractivity contribution in [1.29, 1.82) is 0 Å². The molecule has 0 bridgehead atoms. The Morgan fingerprint density at radius 3 is 2.14 bits per heavy atom. The molecule has 6 nitrogen and oxygen atoms in total. The molecule has 0 fully saturated rings. The van der Waals surface area contributed by atoms with Gasteiger partial charge < -0.3 is 10.6 Å². The number of halogens is 2.